The molecule has 2 heterocycles. The summed E-state index contributed by atoms with van der Waals surface area (Å²) in [5.74, 6) is -0.895. The fourth-order valence-corrected chi connectivity index (χ4v) is 5.18. The van der Waals surface area contributed by atoms with Crippen molar-refractivity contribution in [2.24, 2.45) is 0 Å². The number of amides is 2. The first-order chi connectivity index (χ1) is 16.9. The molecule has 2 amide bonds. The number of nitrogens with zero attached hydrogens (tertiary/aromatic N) is 2. The Bertz CT molecular complexity index is 1180. The van der Waals surface area contributed by atoms with Crippen molar-refractivity contribution in [1.29, 1.82) is 0 Å². The predicted octanol–water partition coefficient (Wildman–Crippen LogP) is 5.47. The van der Waals surface area contributed by atoms with Gasteiger partial charge < -0.3 is 14.5 Å². The molecular weight excluding hydrogens is 470 g/mol. The van der Waals surface area contributed by atoms with E-state index in [1.54, 1.807) is 34.4 Å². The van der Waals surface area contributed by atoms with Crippen molar-refractivity contribution >= 4 is 23.2 Å². The molecule has 35 heavy (non-hydrogen) atoms. The number of rotatable bonds is 8. The Balaban J connectivity index is 1.54. The van der Waals surface area contributed by atoms with E-state index < -0.39 is 5.82 Å². The molecule has 0 saturated carbocycles. The van der Waals surface area contributed by atoms with Crippen LogP contribution in [0.4, 0.5) is 8.78 Å². The molecule has 1 aliphatic rings. The average Bonchev–Trinajstić information content (AvgIpc) is 3.35. The van der Waals surface area contributed by atoms with Crippen LogP contribution >= 0.6 is 11.3 Å². The molecule has 0 aliphatic carbocycles. The lowest BCUT2D eigenvalue weighted by atomic mass is 10.00. The molecule has 0 fully saturated rings. The summed E-state index contributed by atoms with van der Waals surface area (Å²) in [6.45, 7) is 4.43. The number of carbonyl (C=O) groups is 2. The van der Waals surface area contributed by atoms with Crippen LogP contribution in [0.15, 0.2) is 60.0 Å². The summed E-state index contributed by atoms with van der Waals surface area (Å²) in [5, 5.41) is 2.00. The molecule has 8 heteroatoms. The summed E-state index contributed by atoms with van der Waals surface area (Å²) in [4.78, 5) is 31.3. The van der Waals surface area contributed by atoms with Gasteiger partial charge >= 0.3 is 0 Å². The largest absolute Gasteiger partial charge is 0.491 e. The summed E-state index contributed by atoms with van der Waals surface area (Å²) >= 11 is 1.65. The second-order valence-corrected chi connectivity index (χ2v) is 9.62. The van der Waals surface area contributed by atoms with Crippen LogP contribution in [0, 0.1) is 11.6 Å². The third-order valence-electron chi connectivity index (χ3n) is 6.40. The van der Waals surface area contributed by atoms with Crippen molar-refractivity contribution in [1.82, 2.24) is 9.80 Å². The van der Waals surface area contributed by atoms with Gasteiger partial charge in [-0.3, -0.25) is 9.59 Å². The van der Waals surface area contributed by atoms with E-state index in [1.807, 2.05) is 25.3 Å². The first kappa shape index (κ1) is 24.9. The summed E-state index contributed by atoms with van der Waals surface area (Å²) in [7, 11) is 0. The van der Waals surface area contributed by atoms with E-state index in [9.17, 15) is 18.4 Å². The van der Waals surface area contributed by atoms with Crippen LogP contribution in [-0.2, 0) is 11.2 Å². The van der Waals surface area contributed by atoms with E-state index in [4.69, 9.17) is 4.74 Å². The van der Waals surface area contributed by atoms with E-state index in [0.717, 1.165) is 12.0 Å². The van der Waals surface area contributed by atoms with Crippen molar-refractivity contribution in [3.8, 4) is 5.75 Å². The van der Waals surface area contributed by atoms with E-state index in [2.05, 4.69) is 0 Å². The Labute approximate surface area is 207 Å². The summed E-state index contributed by atoms with van der Waals surface area (Å²) in [6.07, 6.45) is 1.38. The highest BCUT2D eigenvalue weighted by molar-refractivity contribution is 7.10. The number of hydrogen-bond donors (Lipinski definition) is 0. The van der Waals surface area contributed by atoms with Gasteiger partial charge in [0.25, 0.3) is 5.91 Å². The smallest absolute Gasteiger partial charge is 0.254 e. The monoisotopic (exact) mass is 498 g/mol. The molecule has 5 nitrogen and oxygen atoms in total. The lowest BCUT2D eigenvalue weighted by molar-refractivity contribution is -0.136. The summed E-state index contributed by atoms with van der Waals surface area (Å²) in [6, 6.07) is 12.8. The summed E-state index contributed by atoms with van der Waals surface area (Å²) in [5.41, 5.74) is 1.25. The van der Waals surface area contributed by atoms with Crippen LogP contribution in [0.1, 0.15) is 47.1 Å². The number of benzene rings is 2. The van der Waals surface area contributed by atoms with Crippen LogP contribution in [-0.4, -0.2) is 47.4 Å². The fourth-order valence-electron chi connectivity index (χ4n) is 4.25. The first-order valence-corrected chi connectivity index (χ1v) is 12.6. The number of carbonyl (C=O) groups excluding carboxylic acids is 2. The third-order valence-corrected chi connectivity index (χ3v) is 7.39. The van der Waals surface area contributed by atoms with Crippen LogP contribution < -0.4 is 4.74 Å². The van der Waals surface area contributed by atoms with Crippen molar-refractivity contribution in [2.75, 3.05) is 19.7 Å². The van der Waals surface area contributed by atoms with Gasteiger partial charge in [0.1, 0.15) is 30.5 Å². The molecular formula is C27H28F2N2O3S. The Kier molecular flexibility index (Phi) is 7.80. The van der Waals surface area contributed by atoms with Crippen LogP contribution in [0.2, 0.25) is 0 Å². The van der Waals surface area contributed by atoms with Gasteiger partial charge in [0.2, 0.25) is 5.91 Å². The van der Waals surface area contributed by atoms with Crippen molar-refractivity contribution in [3.63, 3.8) is 0 Å². The normalized spacial score (nSPS) is 15.9. The van der Waals surface area contributed by atoms with Crippen molar-refractivity contribution in [2.45, 2.75) is 38.8 Å². The number of hydrogen-bond acceptors (Lipinski definition) is 4. The van der Waals surface area contributed by atoms with Crippen molar-refractivity contribution in [3.05, 3.63) is 87.6 Å². The Morgan fingerprint density at radius 2 is 1.91 bits per heavy atom. The molecule has 184 valence electrons. The number of thiophene rings is 1. The first-order valence-electron chi connectivity index (χ1n) is 11.7. The second kappa shape index (κ2) is 11.0. The zero-order valence-electron chi connectivity index (χ0n) is 19.7. The standard InChI is InChI=1S/C27H28F2N2O3S/c1-3-18(2)31(27(33)19-5-4-6-21(29)15-19)16-26(32)30-13-11-25-23(12-14-35-25)24(30)17-34-22-9-7-20(28)8-10-22/h4-10,12,14-15,18,24H,3,11,13,16-17H2,1-2H3. The third kappa shape index (κ3) is 5.70. The molecule has 0 radical (unpaired) electrons. The van der Waals surface area contributed by atoms with E-state index in [0.29, 0.717) is 18.7 Å². The number of halogens is 2. The minimum atomic E-state index is -0.495. The van der Waals surface area contributed by atoms with E-state index in [1.165, 1.54) is 40.1 Å². The Morgan fingerprint density at radius 3 is 2.63 bits per heavy atom. The van der Waals surface area contributed by atoms with Gasteiger partial charge in [0.05, 0.1) is 6.04 Å². The van der Waals surface area contributed by atoms with Gasteiger partial charge in [0, 0.05) is 23.0 Å². The van der Waals surface area contributed by atoms with Gasteiger partial charge in [-0.05, 0) is 79.2 Å². The maximum atomic E-state index is 13.8. The summed E-state index contributed by atoms with van der Waals surface area (Å²) < 4.78 is 33.0. The van der Waals surface area contributed by atoms with Crippen LogP contribution in [0.5, 0.6) is 5.75 Å². The van der Waals surface area contributed by atoms with Gasteiger partial charge in [-0.15, -0.1) is 11.3 Å². The predicted molar refractivity (Wildman–Crippen MR) is 132 cm³/mol. The Morgan fingerprint density at radius 1 is 1.14 bits per heavy atom. The van der Waals surface area contributed by atoms with Gasteiger partial charge in [-0.25, -0.2) is 8.78 Å². The highest BCUT2D eigenvalue weighted by Gasteiger charge is 2.34. The van der Waals surface area contributed by atoms with Crippen molar-refractivity contribution < 1.29 is 23.1 Å². The SMILES string of the molecule is CCC(C)N(CC(=O)N1CCc2sccc2C1COc1ccc(F)cc1)C(=O)c1cccc(F)c1. The highest BCUT2D eigenvalue weighted by Crippen LogP contribution is 2.34. The molecule has 2 unspecified atom stereocenters. The maximum Gasteiger partial charge on any atom is 0.254 e. The molecule has 2 atom stereocenters. The number of ether oxygens (including phenoxy) is 1. The quantitative estimate of drug-likeness (QED) is 0.414. The minimum Gasteiger partial charge on any atom is -0.491 e. The van der Waals surface area contributed by atoms with Crippen LogP contribution in [0.3, 0.4) is 0 Å². The van der Waals surface area contributed by atoms with Gasteiger partial charge in [-0.2, -0.15) is 0 Å². The van der Waals surface area contributed by atoms with E-state index >= 15 is 0 Å². The molecule has 0 spiro atoms. The zero-order chi connectivity index (χ0) is 24.9. The van der Waals surface area contributed by atoms with Crippen LogP contribution in [0.25, 0.3) is 0 Å². The fraction of sp³-hybridized carbons (Fsp3) is 0.333. The minimum absolute atomic E-state index is 0.114. The van der Waals surface area contributed by atoms with Gasteiger partial charge in [0.15, 0.2) is 0 Å². The lowest BCUT2D eigenvalue weighted by Gasteiger charge is -2.38. The zero-order valence-corrected chi connectivity index (χ0v) is 20.6. The molecule has 2 aromatic carbocycles. The van der Waals surface area contributed by atoms with Gasteiger partial charge in [-0.1, -0.05) is 13.0 Å². The molecule has 1 aliphatic heterocycles. The van der Waals surface area contributed by atoms with E-state index in [-0.39, 0.29) is 48.4 Å². The molecule has 3 aromatic rings. The highest BCUT2D eigenvalue weighted by atomic mass is 32.1. The molecule has 1 aromatic heterocycles. The molecule has 0 N–H and O–H groups in total. The topological polar surface area (TPSA) is 49.9 Å². The second-order valence-electron chi connectivity index (χ2n) is 8.62. The molecule has 0 saturated heterocycles. The number of fused-ring (bicyclic) bond motifs is 1. The molecule has 4 rings (SSSR count). The lowest BCUT2D eigenvalue weighted by Crippen LogP contribution is -2.49. The maximum absolute atomic E-state index is 13.8. The average molecular weight is 499 g/mol. The molecule has 0 bridgehead atoms. The Hall–Kier alpha value is -3.26.